The molecule has 1 aromatic rings. The van der Waals surface area contributed by atoms with Gasteiger partial charge in [0.2, 0.25) is 0 Å². The van der Waals surface area contributed by atoms with Gasteiger partial charge in [0.05, 0.1) is 4.92 Å². The van der Waals surface area contributed by atoms with Crippen LogP contribution in [0, 0.1) is 10.1 Å². The van der Waals surface area contributed by atoms with Gasteiger partial charge in [-0.05, 0) is 36.9 Å². The van der Waals surface area contributed by atoms with Gasteiger partial charge >= 0.3 is 6.03 Å². The molecule has 1 aliphatic heterocycles. The van der Waals surface area contributed by atoms with Crippen molar-refractivity contribution in [2.24, 2.45) is 0 Å². The van der Waals surface area contributed by atoms with Crippen molar-refractivity contribution in [1.29, 1.82) is 0 Å². The standard InChI is InChI=1S/C12H16N4O3S/c17-12(13-15-8-2-1-3-9-15)14-20-11-6-4-10(5-7-11)16(18)19/h4-7H,1-3,8-9H2,(H2,13,14,17). The van der Waals surface area contributed by atoms with E-state index in [2.05, 4.69) is 10.1 Å². The highest BCUT2D eigenvalue weighted by Gasteiger charge is 2.12. The summed E-state index contributed by atoms with van der Waals surface area (Å²) in [6, 6.07) is 5.74. The number of hydrogen-bond donors (Lipinski definition) is 2. The van der Waals surface area contributed by atoms with E-state index in [9.17, 15) is 14.9 Å². The van der Waals surface area contributed by atoms with Crippen molar-refractivity contribution < 1.29 is 9.72 Å². The van der Waals surface area contributed by atoms with Crippen LogP contribution < -0.4 is 10.1 Å². The maximum atomic E-state index is 11.7. The van der Waals surface area contributed by atoms with Crippen molar-refractivity contribution in [3.05, 3.63) is 34.4 Å². The van der Waals surface area contributed by atoms with Crippen LogP contribution in [0.15, 0.2) is 29.2 Å². The maximum Gasteiger partial charge on any atom is 0.339 e. The maximum absolute atomic E-state index is 11.7. The van der Waals surface area contributed by atoms with E-state index in [1.165, 1.54) is 18.6 Å². The zero-order chi connectivity index (χ0) is 14.4. The second-order valence-electron chi connectivity index (χ2n) is 4.44. The third kappa shape index (κ3) is 4.39. The van der Waals surface area contributed by atoms with E-state index >= 15 is 0 Å². The summed E-state index contributed by atoms with van der Waals surface area (Å²) in [5.41, 5.74) is 2.81. The Hall–Kier alpha value is -1.80. The Kier molecular flexibility index (Phi) is 5.19. The van der Waals surface area contributed by atoms with E-state index < -0.39 is 4.92 Å². The molecular weight excluding hydrogens is 280 g/mol. The number of nitro benzene ring substituents is 1. The third-order valence-corrected chi connectivity index (χ3v) is 3.72. The SMILES string of the molecule is O=C(NSc1ccc([N+](=O)[O-])cc1)NN1CCCCC1. The number of nitrogens with zero attached hydrogens (tertiary/aromatic N) is 2. The molecule has 20 heavy (non-hydrogen) atoms. The predicted molar refractivity (Wildman–Crippen MR) is 76.0 cm³/mol. The van der Waals surface area contributed by atoms with Gasteiger partial charge in [-0.25, -0.2) is 9.80 Å². The zero-order valence-electron chi connectivity index (χ0n) is 10.9. The molecule has 2 amide bonds. The number of amides is 2. The van der Waals surface area contributed by atoms with Crippen LogP contribution in [0.2, 0.25) is 0 Å². The van der Waals surface area contributed by atoms with E-state index in [0.717, 1.165) is 42.8 Å². The first-order valence-electron chi connectivity index (χ1n) is 6.38. The number of hydrazine groups is 1. The number of nitrogens with one attached hydrogen (secondary N) is 2. The second kappa shape index (κ2) is 7.11. The fraction of sp³-hybridized carbons (Fsp3) is 0.417. The number of carbonyl (C=O) groups excluding carboxylic acids is 1. The van der Waals surface area contributed by atoms with Crippen LogP contribution in [-0.4, -0.2) is 29.1 Å². The van der Waals surface area contributed by atoms with Crippen LogP contribution in [0.1, 0.15) is 19.3 Å². The summed E-state index contributed by atoms with van der Waals surface area (Å²) >= 11 is 1.13. The van der Waals surface area contributed by atoms with Crippen molar-refractivity contribution in [2.45, 2.75) is 24.2 Å². The van der Waals surface area contributed by atoms with Crippen molar-refractivity contribution in [2.75, 3.05) is 13.1 Å². The van der Waals surface area contributed by atoms with E-state index in [1.54, 1.807) is 12.1 Å². The van der Waals surface area contributed by atoms with Crippen LogP contribution in [0.25, 0.3) is 0 Å². The van der Waals surface area contributed by atoms with E-state index in [-0.39, 0.29) is 11.7 Å². The Morgan fingerprint density at radius 1 is 1.20 bits per heavy atom. The molecule has 0 bridgehead atoms. The smallest absolute Gasteiger partial charge is 0.277 e. The number of benzene rings is 1. The summed E-state index contributed by atoms with van der Waals surface area (Å²) in [6.45, 7) is 1.74. The largest absolute Gasteiger partial charge is 0.339 e. The molecule has 1 fully saturated rings. The molecule has 0 aliphatic carbocycles. The quantitative estimate of drug-likeness (QED) is 0.506. The number of carbonyl (C=O) groups is 1. The molecule has 0 saturated carbocycles. The molecule has 2 rings (SSSR count). The van der Waals surface area contributed by atoms with E-state index in [0.29, 0.717) is 0 Å². The Morgan fingerprint density at radius 2 is 1.85 bits per heavy atom. The molecular formula is C12H16N4O3S. The average molecular weight is 296 g/mol. The Bertz CT molecular complexity index is 474. The molecule has 1 aromatic carbocycles. The summed E-state index contributed by atoms with van der Waals surface area (Å²) in [7, 11) is 0. The summed E-state index contributed by atoms with van der Waals surface area (Å²) in [5, 5.41) is 12.4. The molecule has 0 aromatic heterocycles. The van der Waals surface area contributed by atoms with Gasteiger partial charge in [0.25, 0.3) is 5.69 Å². The molecule has 1 heterocycles. The minimum Gasteiger partial charge on any atom is -0.277 e. The fourth-order valence-corrected chi connectivity index (χ4v) is 2.44. The second-order valence-corrected chi connectivity index (χ2v) is 5.32. The van der Waals surface area contributed by atoms with Crippen molar-refractivity contribution in [3.63, 3.8) is 0 Å². The minimum atomic E-state index is -0.453. The van der Waals surface area contributed by atoms with Gasteiger partial charge < -0.3 is 0 Å². The van der Waals surface area contributed by atoms with Gasteiger partial charge in [-0.3, -0.25) is 20.3 Å². The van der Waals surface area contributed by atoms with Crippen LogP contribution in [0.3, 0.4) is 0 Å². The number of non-ortho nitro benzene ring substituents is 1. The lowest BCUT2D eigenvalue weighted by atomic mass is 10.2. The summed E-state index contributed by atoms with van der Waals surface area (Å²) < 4.78 is 2.65. The van der Waals surface area contributed by atoms with Gasteiger partial charge in [-0.2, -0.15) is 0 Å². The molecule has 0 spiro atoms. The molecule has 2 N–H and O–H groups in total. The number of hydrogen-bond acceptors (Lipinski definition) is 5. The van der Waals surface area contributed by atoms with Crippen molar-refractivity contribution >= 4 is 23.7 Å². The number of piperidine rings is 1. The highest BCUT2D eigenvalue weighted by molar-refractivity contribution is 7.98. The monoisotopic (exact) mass is 296 g/mol. The predicted octanol–water partition coefficient (Wildman–Crippen LogP) is 2.30. The lowest BCUT2D eigenvalue weighted by molar-refractivity contribution is -0.384. The molecule has 1 aliphatic rings. The summed E-state index contributed by atoms with van der Waals surface area (Å²) in [4.78, 5) is 22.5. The normalized spacial score (nSPS) is 15.6. The van der Waals surface area contributed by atoms with Crippen LogP contribution >= 0.6 is 11.9 Å². The van der Waals surface area contributed by atoms with Crippen LogP contribution in [-0.2, 0) is 0 Å². The van der Waals surface area contributed by atoms with Gasteiger partial charge in [0, 0.05) is 30.1 Å². The van der Waals surface area contributed by atoms with E-state index in [1.807, 2.05) is 5.01 Å². The average Bonchev–Trinajstić information content (AvgIpc) is 2.46. The number of rotatable bonds is 4. The van der Waals surface area contributed by atoms with Crippen LogP contribution in [0.5, 0.6) is 0 Å². The third-order valence-electron chi connectivity index (χ3n) is 2.92. The van der Waals surface area contributed by atoms with Gasteiger partial charge in [0.15, 0.2) is 0 Å². The van der Waals surface area contributed by atoms with Crippen LogP contribution in [0.4, 0.5) is 10.5 Å². The Morgan fingerprint density at radius 3 is 2.45 bits per heavy atom. The minimum absolute atomic E-state index is 0.0344. The lowest BCUT2D eigenvalue weighted by Gasteiger charge is -2.26. The van der Waals surface area contributed by atoms with Gasteiger partial charge in [-0.15, -0.1) is 0 Å². The molecule has 7 nitrogen and oxygen atoms in total. The molecule has 108 valence electrons. The lowest BCUT2D eigenvalue weighted by Crippen LogP contribution is -2.47. The number of nitro groups is 1. The first-order chi connectivity index (χ1) is 9.65. The highest BCUT2D eigenvalue weighted by atomic mass is 32.2. The molecule has 0 atom stereocenters. The molecule has 1 saturated heterocycles. The van der Waals surface area contributed by atoms with Crippen molar-refractivity contribution in [3.8, 4) is 0 Å². The zero-order valence-corrected chi connectivity index (χ0v) is 11.7. The fourth-order valence-electron chi connectivity index (χ4n) is 1.91. The first-order valence-corrected chi connectivity index (χ1v) is 7.20. The highest BCUT2D eigenvalue weighted by Crippen LogP contribution is 2.18. The molecule has 0 radical (unpaired) electrons. The molecule has 8 heteroatoms. The van der Waals surface area contributed by atoms with Gasteiger partial charge in [0.1, 0.15) is 0 Å². The van der Waals surface area contributed by atoms with E-state index in [4.69, 9.17) is 0 Å². The first kappa shape index (κ1) is 14.6. The summed E-state index contributed by atoms with van der Waals surface area (Å²) in [5.74, 6) is 0. The number of urea groups is 1. The van der Waals surface area contributed by atoms with Crippen molar-refractivity contribution in [1.82, 2.24) is 15.2 Å². The van der Waals surface area contributed by atoms with Gasteiger partial charge in [-0.1, -0.05) is 6.42 Å². The summed E-state index contributed by atoms with van der Waals surface area (Å²) in [6.07, 6.45) is 3.39. The Labute approximate surface area is 121 Å². The molecule has 0 unspecified atom stereocenters. The Balaban J connectivity index is 1.76. The topological polar surface area (TPSA) is 87.5 Å².